The van der Waals surface area contributed by atoms with Gasteiger partial charge in [0.05, 0.1) is 7.11 Å². The lowest BCUT2D eigenvalue weighted by Crippen LogP contribution is -2.41. The van der Waals surface area contributed by atoms with Crippen molar-refractivity contribution in [3.63, 3.8) is 0 Å². The summed E-state index contributed by atoms with van der Waals surface area (Å²) < 4.78 is 10.7. The molecule has 1 aromatic carbocycles. The molecule has 2 atom stereocenters. The molecule has 0 heterocycles. The Morgan fingerprint density at radius 3 is 2.83 bits per heavy atom. The molecule has 1 aliphatic carbocycles. The maximum Gasteiger partial charge on any atom is 0.251 e. The van der Waals surface area contributed by atoms with Gasteiger partial charge in [-0.2, -0.15) is 0 Å². The summed E-state index contributed by atoms with van der Waals surface area (Å²) in [6.07, 6.45) is 11.0. The Bertz CT molecular complexity index is 576. The van der Waals surface area contributed by atoms with Gasteiger partial charge in [-0.15, -0.1) is 6.42 Å². The van der Waals surface area contributed by atoms with Gasteiger partial charge < -0.3 is 14.8 Å². The molecule has 1 N–H and O–H groups in total. The number of nitrogens with one attached hydrogen (secondary N) is 1. The Hall–Kier alpha value is -2.15. The smallest absolute Gasteiger partial charge is 0.251 e. The molecule has 0 spiro atoms. The average molecular weight is 315 g/mol. The molecule has 4 heteroatoms. The first-order chi connectivity index (χ1) is 11.2. The van der Waals surface area contributed by atoms with Crippen molar-refractivity contribution < 1.29 is 14.3 Å². The van der Waals surface area contributed by atoms with Gasteiger partial charge >= 0.3 is 0 Å². The van der Waals surface area contributed by atoms with Gasteiger partial charge in [-0.25, -0.2) is 0 Å². The number of hydrogen-bond donors (Lipinski definition) is 1. The van der Waals surface area contributed by atoms with Crippen LogP contribution in [0.3, 0.4) is 0 Å². The molecule has 0 aliphatic heterocycles. The lowest BCUT2D eigenvalue weighted by Gasteiger charge is -2.31. The fourth-order valence-electron chi connectivity index (χ4n) is 3.19. The predicted octanol–water partition coefficient (Wildman–Crippen LogP) is 3.41. The number of carbonyl (C=O) groups is 1. The minimum atomic E-state index is -0.0582. The Morgan fingerprint density at radius 2 is 2.13 bits per heavy atom. The molecule has 23 heavy (non-hydrogen) atoms. The molecule has 1 amide bonds. The molecular formula is C19H25NO3. The topological polar surface area (TPSA) is 47.6 Å². The van der Waals surface area contributed by atoms with Crippen molar-refractivity contribution in [1.29, 1.82) is 0 Å². The second-order valence-corrected chi connectivity index (χ2v) is 5.89. The molecule has 124 valence electrons. The summed E-state index contributed by atoms with van der Waals surface area (Å²) in [5.41, 5.74) is 0.579. The third-order valence-electron chi connectivity index (χ3n) is 4.49. The standard InChI is InChI=1S/C19H25NO3/c1-4-12-23-17-11-10-15(13-18(17)22-3)19(21)20-16-9-7-6-8-14(16)5-2/h1,10-11,13-14,16H,5-9,12H2,2-3H3,(H,20,21). The van der Waals surface area contributed by atoms with Crippen LogP contribution in [-0.4, -0.2) is 25.7 Å². The molecule has 0 bridgehead atoms. The molecule has 1 aromatic rings. The zero-order chi connectivity index (χ0) is 16.7. The van der Waals surface area contributed by atoms with Crippen LogP contribution in [0.15, 0.2) is 18.2 Å². The minimum Gasteiger partial charge on any atom is -0.493 e. The highest BCUT2D eigenvalue weighted by atomic mass is 16.5. The number of terminal acetylenes is 1. The molecule has 1 fully saturated rings. The van der Waals surface area contributed by atoms with Crippen molar-refractivity contribution >= 4 is 5.91 Å². The van der Waals surface area contributed by atoms with Crippen LogP contribution in [-0.2, 0) is 0 Å². The van der Waals surface area contributed by atoms with E-state index >= 15 is 0 Å². The van der Waals surface area contributed by atoms with E-state index in [0.29, 0.717) is 23.0 Å². The van der Waals surface area contributed by atoms with E-state index in [9.17, 15) is 4.79 Å². The van der Waals surface area contributed by atoms with Crippen molar-refractivity contribution in [2.24, 2.45) is 5.92 Å². The lowest BCUT2D eigenvalue weighted by molar-refractivity contribution is 0.0904. The summed E-state index contributed by atoms with van der Waals surface area (Å²) in [5, 5.41) is 3.18. The van der Waals surface area contributed by atoms with Gasteiger partial charge in [0, 0.05) is 11.6 Å². The fourth-order valence-corrected chi connectivity index (χ4v) is 3.19. The van der Waals surface area contributed by atoms with Crippen molar-refractivity contribution in [3.05, 3.63) is 23.8 Å². The van der Waals surface area contributed by atoms with Crippen molar-refractivity contribution in [1.82, 2.24) is 5.32 Å². The number of rotatable bonds is 6. The van der Waals surface area contributed by atoms with Crippen LogP contribution < -0.4 is 14.8 Å². The van der Waals surface area contributed by atoms with Crippen LogP contribution in [0, 0.1) is 18.3 Å². The van der Waals surface area contributed by atoms with E-state index in [1.165, 1.54) is 19.3 Å². The molecular weight excluding hydrogens is 290 g/mol. The summed E-state index contributed by atoms with van der Waals surface area (Å²) >= 11 is 0. The molecule has 0 radical (unpaired) electrons. The normalized spacial score (nSPS) is 20.4. The van der Waals surface area contributed by atoms with Crippen molar-refractivity contribution in [2.75, 3.05) is 13.7 Å². The van der Waals surface area contributed by atoms with E-state index in [1.807, 2.05) is 0 Å². The molecule has 4 nitrogen and oxygen atoms in total. The maximum absolute atomic E-state index is 12.5. The van der Waals surface area contributed by atoms with Gasteiger partial charge in [-0.1, -0.05) is 32.1 Å². The van der Waals surface area contributed by atoms with E-state index in [2.05, 4.69) is 18.2 Å². The van der Waals surface area contributed by atoms with E-state index in [0.717, 1.165) is 12.8 Å². The summed E-state index contributed by atoms with van der Waals surface area (Å²) in [6, 6.07) is 5.44. The Kier molecular flexibility index (Phi) is 6.34. The highest BCUT2D eigenvalue weighted by Crippen LogP contribution is 2.29. The summed E-state index contributed by atoms with van der Waals surface area (Å²) in [7, 11) is 1.55. The van der Waals surface area contributed by atoms with Gasteiger partial charge in [-0.3, -0.25) is 4.79 Å². The van der Waals surface area contributed by atoms with Gasteiger partial charge in [0.2, 0.25) is 0 Å². The van der Waals surface area contributed by atoms with E-state index in [1.54, 1.807) is 25.3 Å². The first-order valence-corrected chi connectivity index (χ1v) is 8.24. The third-order valence-corrected chi connectivity index (χ3v) is 4.49. The first-order valence-electron chi connectivity index (χ1n) is 8.24. The van der Waals surface area contributed by atoms with Gasteiger partial charge in [0.15, 0.2) is 11.5 Å². The van der Waals surface area contributed by atoms with Crippen molar-refractivity contribution in [2.45, 2.75) is 45.1 Å². The third kappa shape index (κ3) is 4.41. The number of benzene rings is 1. The van der Waals surface area contributed by atoms with Crippen LogP contribution in [0.5, 0.6) is 11.5 Å². The monoisotopic (exact) mass is 315 g/mol. The summed E-state index contributed by atoms with van der Waals surface area (Å²) in [4.78, 5) is 12.5. The summed E-state index contributed by atoms with van der Waals surface area (Å²) in [5.74, 6) is 4.00. The number of amides is 1. The van der Waals surface area contributed by atoms with Gasteiger partial charge in [0.25, 0.3) is 5.91 Å². The van der Waals surface area contributed by atoms with E-state index in [-0.39, 0.29) is 18.6 Å². The van der Waals surface area contributed by atoms with Crippen LogP contribution >= 0.6 is 0 Å². The highest BCUT2D eigenvalue weighted by molar-refractivity contribution is 5.95. The zero-order valence-electron chi connectivity index (χ0n) is 13.9. The number of carbonyl (C=O) groups excluding carboxylic acids is 1. The van der Waals surface area contributed by atoms with Gasteiger partial charge in [-0.05, 0) is 37.0 Å². The quantitative estimate of drug-likeness (QED) is 0.818. The molecule has 0 saturated heterocycles. The zero-order valence-corrected chi connectivity index (χ0v) is 13.9. The Morgan fingerprint density at radius 1 is 1.35 bits per heavy atom. The van der Waals surface area contributed by atoms with E-state index < -0.39 is 0 Å². The van der Waals surface area contributed by atoms with Crippen LogP contribution in [0.2, 0.25) is 0 Å². The Labute approximate surface area is 138 Å². The summed E-state index contributed by atoms with van der Waals surface area (Å²) in [6.45, 7) is 2.36. The van der Waals surface area contributed by atoms with Crippen LogP contribution in [0.25, 0.3) is 0 Å². The molecule has 1 aliphatic rings. The number of hydrogen-bond acceptors (Lipinski definition) is 3. The van der Waals surface area contributed by atoms with Crippen LogP contribution in [0.1, 0.15) is 49.4 Å². The van der Waals surface area contributed by atoms with Crippen molar-refractivity contribution in [3.8, 4) is 23.8 Å². The SMILES string of the molecule is C#CCOc1ccc(C(=O)NC2CCCCC2CC)cc1OC. The van der Waals surface area contributed by atoms with E-state index in [4.69, 9.17) is 15.9 Å². The lowest BCUT2D eigenvalue weighted by atomic mass is 9.83. The second kappa shape index (κ2) is 8.47. The fraction of sp³-hybridized carbons (Fsp3) is 0.526. The largest absolute Gasteiger partial charge is 0.493 e. The molecule has 1 saturated carbocycles. The average Bonchev–Trinajstić information content (AvgIpc) is 2.60. The molecule has 0 aromatic heterocycles. The van der Waals surface area contributed by atoms with Crippen LogP contribution in [0.4, 0.5) is 0 Å². The predicted molar refractivity (Wildman–Crippen MR) is 90.8 cm³/mol. The molecule has 2 rings (SSSR count). The highest BCUT2D eigenvalue weighted by Gasteiger charge is 2.25. The second-order valence-electron chi connectivity index (χ2n) is 5.89. The number of ether oxygens (including phenoxy) is 2. The maximum atomic E-state index is 12.5. The molecule has 2 unspecified atom stereocenters. The first kappa shape index (κ1) is 17.2. The van der Waals surface area contributed by atoms with Gasteiger partial charge in [0.1, 0.15) is 6.61 Å². The number of methoxy groups -OCH3 is 1. The minimum absolute atomic E-state index is 0.0582. The Balaban J connectivity index is 2.08.